The number of hydrogen-bond donors (Lipinski definition) is 5. The second kappa shape index (κ2) is 12.5. The summed E-state index contributed by atoms with van der Waals surface area (Å²) in [5.74, 6) is -1.63. The zero-order valence-corrected chi connectivity index (χ0v) is 25.8. The quantitative estimate of drug-likeness (QED) is 0.0655. The zero-order valence-electron chi connectivity index (χ0n) is 25.8. The summed E-state index contributed by atoms with van der Waals surface area (Å²) in [6, 6.07) is 24.7. The van der Waals surface area contributed by atoms with Crippen LogP contribution in [0.3, 0.4) is 0 Å². The lowest BCUT2D eigenvalue weighted by molar-refractivity contribution is 0.0698. The second-order valence-corrected chi connectivity index (χ2v) is 11.0. The van der Waals surface area contributed by atoms with Crippen molar-refractivity contribution >= 4 is 61.6 Å². The molecule has 0 saturated heterocycles. The van der Waals surface area contributed by atoms with Crippen molar-refractivity contribution in [2.45, 2.75) is 13.8 Å². The van der Waals surface area contributed by atoms with E-state index in [-0.39, 0.29) is 39.6 Å². The molecule has 0 aliphatic carbocycles. The summed E-state index contributed by atoms with van der Waals surface area (Å²) in [6.45, 7) is 3.81. The molecule has 0 aliphatic heterocycles. The van der Waals surface area contributed by atoms with Crippen LogP contribution in [0.1, 0.15) is 21.5 Å². The van der Waals surface area contributed by atoms with Crippen molar-refractivity contribution < 1.29 is 24.9 Å². The fraction of sp³-hybridized carbons (Fsp3) is 0.0541. The summed E-state index contributed by atoms with van der Waals surface area (Å²) in [6.07, 6.45) is 7.27. The fourth-order valence-electron chi connectivity index (χ4n) is 5.45. The van der Waals surface area contributed by atoms with Crippen molar-refractivity contribution in [3.8, 4) is 40.9 Å². The van der Waals surface area contributed by atoms with E-state index in [9.17, 15) is 20.1 Å². The molecule has 0 spiro atoms. The average Bonchev–Trinajstić information content (AvgIpc) is 3.06. The normalized spacial score (nSPS) is 11.4. The minimum Gasteiger partial charge on any atom is -0.505 e. The average molecular weight is 637 g/mol. The molecule has 0 atom stereocenters. The number of terminal acetylenes is 1. The molecule has 0 unspecified atom stereocenters. The van der Waals surface area contributed by atoms with E-state index in [2.05, 4.69) is 20.5 Å². The van der Waals surface area contributed by atoms with Gasteiger partial charge in [-0.2, -0.15) is 10.2 Å². The van der Waals surface area contributed by atoms with Gasteiger partial charge < -0.3 is 31.5 Å². The number of nitrogens with two attached hydrogens (primary N) is 2. The van der Waals surface area contributed by atoms with E-state index in [4.69, 9.17) is 22.6 Å². The predicted octanol–water partition coefficient (Wildman–Crippen LogP) is 9.35. The van der Waals surface area contributed by atoms with Crippen LogP contribution in [0.4, 0.5) is 34.1 Å². The third-order valence-corrected chi connectivity index (χ3v) is 7.94. The number of fused-ring (bicyclic) bond motifs is 2. The van der Waals surface area contributed by atoms with Gasteiger partial charge in [0.05, 0.1) is 28.0 Å². The Bertz CT molecular complexity index is 2390. The van der Waals surface area contributed by atoms with Crippen molar-refractivity contribution in [1.82, 2.24) is 0 Å². The first-order chi connectivity index (χ1) is 23.1. The highest BCUT2D eigenvalue weighted by atomic mass is 16.5. The van der Waals surface area contributed by atoms with Crippen molar-refractivity contribution in [3.63, 3.8) is 0 Å². The summed E-state index contributed by atoms with van der Waals surface area (Å²) < 4.78 is 5.14. The molecular weight excluding hydrogens is 608 g/mol. The molecule has 0 saturated carbocycles. The predicted molar refractivity (Wildman–Crippen MR) is 186 cm³/mol. The second-order valence-electron chi connectivity index (χ2n) is 11.0. The van der Waals surface area contributed by atoms with Gasteiger partial charge in [-0.15, -0.1) is 10.2 Å². The van der Waals surface area contributed by atoms with Gasteiger partial charge >= 0.3 is 5.97 Å². The number of azo groups is 2. The Morgan fingerprint density at radius 3 is 1.83 bits per heavy atom. The van der Waals surface area contributed by atoms with Crippen molar-refractivity contribution in [3.05, 3.63) is 102 Å². The maximum absolute atomic E-state index is 11.7. The minimum atomic E-state index is -1.31. The molecule has 0 aromatic heterocycles. The van der Waals surface area contributed by atoms with Gasteiger partial charge in [0.1, 0.15) is 23.2 Å². The van der Waals surface area contributed by atoms with Gasteiger partial charge in [-0.3, -0.25) is 0 Å². The summed E-state index contributed by atoms with van der Waals surface area (Å²) in [5.41, 5.74) is 17.4. The van der Waals surface area contributed by atoms with Crippen LogP contribution >= 0.6 is 0 Å². The highest BCUT2D eigenvalue weighted by Crippen LogP contribution is 2.44. The number of benzene rings is 6. The van der Waals surface area contributed by atoms with Crippen LogP contribution in [0.15, 0.2) is 105 Å². The third-order valence-electron chi connectivity index (χ3n) is 7.94. The number of aromatic hydroxyl groups is 2. The number of carboxylic acids is 1. The molecule has 0 bridgehead atoms. The number of carboxylic acid groups (broad SMARTS) is 1. The number of anilines is 2. The monoisotopic (exact) mass is 636 g/mol. The largest absolute Gasteiger partial charge is 0.505 e. The van der Waals surface area contributed by atoms with E-state index in [0.29, 0.717) is 33.5 Å². The fourth-order valence-corrected chi connectivity index (χ4v) is 5.45. The lowest BCUT2D eigenvalue weighted by atomic mass is 10.00. The van der Waals surface area contributed by atoms with E-state index in [1.54, 1.807) is 24.3 Å². The Morgan fingerprint density at radius 1 is 0.729 bits per heavy atom. The van der Waals surface area contributed by atoms with Crippen LogP contribution in [0.25, 0.3) is 32.7 Å². The van der Waals surface area contributed by atoms with Gasteiger partial charge in [-0.05, 0) is 96.1 Å². The summed E-state index contributed by atoms with van der Waals surface area (Å²) in [5, 5.41) is 50.3. The molecule has 0 heterocycles. The third kappa shape index (κ3) is 5.65. The van der Waals surface area contributed by atoms with Crippen LogP contribution in [0, 0.1) is 26.4 Å². The number of hydrogen-bond acceptors (Lipinski definition) is 10. The number of nitrogens with zero attached hydrogens (tertiary/aromatic N) is 4. The molecule has 0 radical (unpaired) electrons. The number of ether oxygens (including phenoxy) is 1. The molecule has 0 aliphatic rings. The highest BCUT2D eigenvalue weighted by Gasteiger charge is 2.20. The first-order valence-corrected chi connectivity index (χ1v) is 14.6. The van der Waals surface area contributed by atoms with E-state index in [0.717, 1.165) is 27.6 Å². The van der Waals surface area contributed by atoms with Gasteiger partial charge in [0, 0.05) is 16.5 Å². The number of aryl methyl sites for hydroxylation is 2. The first-order valence-electron chi connectivity index (χ1n) is 14.6. The first kappa shape index (κ1) is 31.1. The molecule has 6 rings (SSSR count). The van der Waals surface area contributed by atoms with E-state index in [1.807, 2.05) is 68.5 Å². The van der Waals surface area contributed by atoms with Crippen LogP contribution < -0.4 is 16.2 Å². The van der Waals surface area contributed by atoms with E-state index in [1.165, 1.54) is 12.1 Å². The van der Waals surface area contributed by atoms with Gasteiger partial charge in [-0.25, -0.2) is 4.79 Å². The Balaban J connectivity index is 1.25. The van der Waals surface area contributed by atoms with Crippen molar-refractivity contribution in [2.75, 3.05) is 11.5 Å². The van der Waals surface area contributed by atoms with Crippen LogP contribution in [0.2, 0.25) is 0 Å². The SMILES string of the molecule is C#COc1cc(C(=O)O)c(N)c2c(O)c(N=Nc3ccc(-c4ccc(N=Nc5ccc6cccc(N)c6c5O)c(C)c4)cc3C)ccc12. The standard InChI is InChI=1S/C37H28N6O5/c1-4-48-31-18-25(37(46)47)34(39)33-24(31)11-15-30(36(33)45)43-41-28-13-10-23(17-20(28)3)22-9-12-27(19(2)16-22)40-42-29-14-8-21-6-5-7-26(38)32(21)35(29)44/h1,5-18,44-45H,38-39H2,2-3H3,(H,46,47). The van der Waals surface area contributed by atoms with Crippen LogP contribution in [0.5, 0.6) is 17.2 Å². The number of nitrogen functional groups attached to an aromatic ring is 2. The molecule has 7 N–H and O–H groups in total. The molecule has 0 amide bonds. The Morgan fingerprint density at radius 2 is 1.27 bits per heavy atom. The molecule has 11 heteroatoms. The Hall–Kier alpha value is -6.93. The zero-order chi connectivity index (χ0) is 34.1. The number of phenols is 2. The van der Waals surface area contributed by atoms with Gasteiger partial charge in [0.2, 0.25) is 0 Å². The summed E-state index contributed by atoms with van der Waals surface area (Å²) in [7, 11) is 0. The molecule has 6 aromatic rings. The lowest BCUT2D eigenvalue weighted by Crippen LogP contribution is -2.04. The van der Waals surface area contributed by atoms with Crippen molar-refractivity contribution in [2.24, 2.45) is 20.5 Å². The number of phenolic OH excluding ortho intramolecular Hbond substituents is 2. The van der Waals surface area contributed by atoms with E-state index >= 15 is 0 Å². The number of aromatic carboxylic acids is 1. The molecular formula is C37H28N6O5. The Labute approximate surface area is 274 Å². The van der Waals surface area contributed by atoms with Crippen molar-refractivity contribution in [1.29, 1.82) is 0 Å². The molecule has 48 heavy (non-hydrogen) atoms. The number of carbonyl (C=O) groups is 1. The Kier molecular flexibility index (Phi) is 8.06. The van der Waals surface area contributed by atoms with Crippen LogP contribution in [-0.4, -0.2) is 21.3 Å². The molecule has 236 valence electrons. The summed E-state index contributed by atoms with van der Waals surface area (Å²) >= 11 is 0. The highest BCUT2D eigenvalue weighted by molar-refractivity contribution is 6.11. The summed E-state index contributed by atoms with van der Waals surface area (Å²) in [4.78, 5) is 11.7. The number of rotatable bonds is 7. The maximum atomic E-state index is 11.7. The van der Waals surface area contributed by atoms with Gasteiger partial charge in [-0.1, -0.05) is 36.8 Å². The van der Waals surface area contributed by atoms with Crippen LogP contribution in [-0.2, 0) is 0 Å². The molecule has 11 nitrogen and oxygen atoms in total. The maximum Gasteiger partial charge on any atom is 0.337 e. The van der Waals surface area contributed by atoms with Gasteiger partial charge in [0.15, 0.2) is 11.5 Å². The molecule has 6 aromatic carbocycles. The minimum absolute atomic E-state index is 0.0209. The topological polar surface area (TPSA) is 188 Å². The lowest BCUT2D eigenvalue weighted by Gasteiger charge is -2.12. The van der Waals surface area contributed by atoms with Gasteiger partial charge in [0.25, 0.3) is 0 Å². The molecule has 0 fully saturated rings. The smallest absolute Gasteiger partial charge is 0.337 e. The van der Waals surface area contributed by atoms with E-state index < -0.39 is 5.97 Å².